The molecule has 104 valence electrons. The van der Waals surface area contributed by atoms with Gasteiger partial charge in [-0.05, 0) is 37.4 Å². The third-order valence-electron chi connectivity index (χ3n) is 3.81. The standard InChI is InChI=1S/C14H17F2NO2/c15-11-3-2-10(12(16)8-11)4-7-17-9-14(13(18)19)5-1-6-14/h2-3,8,17H,1,4-7,9H2,(H,18,19). The van der Waals surface area contributed by atoms with Crippen molar-refractivity contribution in [1.82, 2.24) is 5.32 Å². The summed E-state index contributed by atoms with van der Waals surface area (Å²) in [7, 11) is 0. The number of rotatable bonds is 6. The van der Waals surface area contributed by atoms with Gasteiger partial charge >= 0.3 is 5.97 Å². The zero-order chi connectivity index (χ0) is 13.9. The van der Waals surface area contributed by atoms with Crippen molar-refractivity contribution in [3.8, 4) is 0 Å². The molecule has 0 bridgehead atoms. The average Bonchev–Trinajstić information content (AvgIpc) is 2.28. The molecule has 1 aromatic rings. The Labute approximate surface area is 110 Å². The fourth-order valence-electron chi connectivity index (χ4n) is 2.34. The number of aliphatic carboxylic acids is 1. The summed E-state index contributed by atoms with van der Waals surface area (Å²) in [4.78, 5) is 11.1. The van der Waals surface area contributed by atoms with Crippen LogP contribution < -0.4 is 5.32 Å². The first-order chi connectivity index (χ1) is 9.03. The highest BCUT2D eigenvalue weighted by molar-refractivity contribution is 5.76. The number of carboxylic acid groups (broad SMARTS) is 1. The second kappa shape index (κ2) is 5.65. The lowest BCUT2D eigenvalue weighted by Gasteiger charge is -2.37. The molecular formula is C14H17F2NO2. The van der Waals surface area contributed by atoms with Gasteiger partial charge in [0.1, 0.15) is 11.6 Å². The van der Waals surface area contributed by atoms with E-state index < -0.39 is 23.0 Å². The Morgan fingerprint density at radius 2 is 2.11 bits per heavy atom. The molecule has 5 heteroatoms. The van der Waals surface area contributed by atoms with Crippen LogP contribution in [-0.4, -0.2) is 24.2 Å². The van der Waals surface area contributed by atoms with Crippen LogP contribution >= 0.6 is 0 Å². The van der Waals surface area contributed by atoms with E-state index in [0.29, 0.717) is 37.9 Å². The highest BCUT2D eigenvalue weighted by Crippen LogP contribution is 2.40. The molecule has 0 unspecified atom stereocenters. The summed E-state index contributed by atoms with van der Waals surface area (Å²) in [6.45, 7) is 0.892. The van der Waals surface area contributed by atoms with E-state index in [2.05, 4.69) is 5.32 Å². The molecule has 1 fully saturated rings. The van der Waals surface area contributed by atoms with Gasteiger partial charge in [0, 0.05) is 12.6 Å². The van der Waals surface area contributed by atoms with Gasteiger partial charge in [0.05, 0.1) is 5.41 Å². The Balaban J connectivity index is 1.79. The minimum atomic E-state index is -0.765. The van der Waals surface area contributed by atoms with Crippen molar-refractivity contribution in [2.75, 3.05) is 13.1 Å². The molecule has 2 rings (SSSR count). The summed E-state index contributed by atoms with van der Waals surface area (Å²) >= 11 is 0. The molecule has 3 nitrogen and oxygen atoms in total. The van der Waals surface area contributed by atoms with Crippen LogP contribution in [0.25, 0.3) is 0 Å². The minimum Gasteiger partial charge on any atom is -0.481 e. The van der Waals surface area contributed by atoms with Gasteiger partial charge < -0.3 is 10.4 Å². The molecule has 0 aromatic heterocycles. The summed E-state index contributed by atoms with van der Waals surface area (Å²) in [6, 6.07) is 3.51. The van der Waals surface area contributed by atoms with E-state index in [0.717, 1.165) is 12.5 Å². The van der Waals surface area contributed by atoms with Crippen LogP contribution in [-0.2, 0) is 11.2 Å². The Kier molecular flexibility index (Phi) is 4.14. The number of benzene rings is 1. The molecule has 0 saturated heterocycles. The lowest BCUT2D eigenvalue weighted by atomic mass is 9.69. The number of hydrogen-bond acceptors (Lipinski definition) is 2. The van der Waals surface area contributed by atoms with Crippen LogP contribution in [0.5, 0.6) is 0 Å². The molecule has 0 amide bonds. The van der Waals surface area contributed by atoms with Crippen LogP contribution in [0.15, 0.2) is 18.2 Å². The first-order valence-electron chi connectivity index (χ1n) is 6.42. The lowest BCUT2D eigenvalue weighted by molar-refractivity contribution is -0.154. The van der Waals surface area contributed by atoms with E-state index in [1.807, 2.05) is 0 Å². The van der Waals surface area contributed by atoms with Crippen LogP contribution in [0.2, 0.25) is 0 Å². The van der Waals surface area contributed by atoms with Gasteiger partial charge in [-0.25, -0.2) is 8.78 Å². The normalized spacial score (nSPS) is 16.9. The van der Waals surface area contributed by atoms with Crippen molar-refractivity contribution in [3.05, 3.63) is 35.4 Å². The molecule has 0 spiro atoms. The largest absolute Gasteiger partial charge is 0.481 e. The van der Waals surface area contributed by atoms with Gasteiger partial charge in [-0.1, -0.05) is 12.5 Å². The van der Waals surface area contributed by atoms with E-state index >= 15 is 0 Å². The molecule has 19 heavy (non-hydrogen) atoms. The maximum absolute atomic E-state index is 13.4. The third-order valence-corrected chi connectivity index (χ3v) is 3.81. The van der Waals surface area contributed by atoms with E-state index in [1.54, 1.807) is 0 Å². The van der Waals surface area contributed by atoms with Crippen molar-refractivity contribution in [3.63, 3.8) is 0 Å². The quantitative estimate of drug-likeness (QED) is 0.779. The van der Waals surface area contributed by atoms with Crippen molar-refractivity contribution in [2.24, 2.45) is 5.41 Å². The van der Waals surface area contributed by atoms with Gasteiger partial charge in [0.2, 0.25) is 0 Å². The Morgan fingerprint density at radius 3 is 2.63 bits per heavy atom. The molecule has 0 heterocycles. The van der Waals surface area contributed by atoms with Crippen LogP contribution in [0, 0.1) is 17.0 Å². The van der Waals surface area contributed by atoms with Crippen molar-refractivity contribution < 1.29 is 18.7 Å². The summed E-state index contributed by atoms with van der Waals surface area (Å²) in [5.41, 5.74) is -0.201. The number of carbonyl (C=O) groups is 1. The highest BCUT2D eigenvalue weighted by Gasteiger charge is 2.43. The second-order valence-corrected chi connectivity index (χ2v) is 5.10. The van der Waals surface area contributed by atoms with Gasteiger partial charge in [-0.15, -0.1) is 0 Å². The molecule has 0 radical (unpaired) electrons. The maximum atomic E-state index is 13.4. The number of hydrogen-bond donors (Lipinski definition) is 2. The predicted octanol–water partition coefficient (Wildman–Crippen LogP) is 2.35. The molecule has 1 aromatic carbocycles. The first kappa shape index (κ1) is 13.9. The molecule has 1 saturated carbocycles. The Bertz CT molecular complexity index is 473. The Morgan fingerprint density at radius 1 is 1.37 bits per heavy atom. The molecule has 0 atom stereocenters. The van der Waals surface area contributed by atoms with Gasteiger partial charge in [0.25, 0.3) is 0 Å². The summed E-state index contributed by atoms with van der Waals surface area (Å²) in [6.07, 6.45) is 2.75. The zero-order valence-electron chi connectivity index (χ0n) is 10.6. The van der Waals surface area contributed by atoms with E-state index in [-0.39, 0.29) is 0 Å². The first-order valence-corrected chi connectivity index (χ1v) is 6.42. The molecule has 1 aliphatic carbocycles. The van der Waals surface area contributed by atoms with Crippen LogP contribution in [0.3, 0.4) is 0 Å². The lowest BCUT2D eigenvalue weighted by Crippen LogP contribution is -2.46. The average molecular weight is 269 g/mol. The highest BCUT2D eigenvalue weighted by atomic mass is 19.1. The van der Waals surface area contributed by atoms with Gasteiger partial charge in [-0.2, -0.15) is 0 Å². The minimum absolute atomic E-state index is 0.408. The van der Waals surface area contributed by atoms with Crippen LogP contribution in [0.1, 0.15) is 24.8 Å². The number of nitrogens with one attached hydrogen (secondary N) is 1. The molecule has 0 aliphatic heterocycles. The van der Waals surface area contributed by atoms with Crippen LogP contribution in [0.4, 0.5) is 8.78 Å². The predicted molar refractivity (Wildman–Crippen MR) is 66.9 cm³/mol. The fraction of sp³-hybridized carbons (Fsp3) is 0.500. The maximum Gasteiger partial charge on any atom is 0.310 e. The summed E-state index contributed by atoms with van der Waals surface area (Å²) in [5, 5.41) is 12.2. The fourth-order valence-corrected chi connectivity index (χ4v) is 2.34. The van der Waals surface area contributed by atoms with Crippen molar-refractivity contribution in [2.45, 2.75) is 25.7 Å². The molecular weight excluding hydrogens is 252 g/mol. The second-order valence-electron chi connectivity index (χ2n) is 5.10. The van der Waals surface area contributed by atoms with E-state index in [4.69, 9.17) is 5.11 Å². The summed E-state index contributed by atoms with van der Waals surface area (Å²) < 4.78 is 26.1. The van der Waals surface area contributed by atoms with E-state index in [9.17, 15) is 13.6 Å². The third kappa shape index (κ3) is 3.10. The monoisotopic (exact) mass is 269 g/mol. The van der Waals surface area contributed by atoms with Crippen molar-refractivity contribution in [1.29, 1.82) is 0 Å². The number of carboxylic acids is 1. The SMILES string of the molecule is O=C(O)C1(CNCCc2ccc(F)cc2F)CCC1. The topological polar surface area (TPSA) is 49.3 Å². The molecule has 2 N–H and O–H groups in total. The smallest absolute Gasteiger partial charge is 0.310 e. The number of halogens is 2. The van der Waals surface area contributed by atoms with E-state index in [1.165, 1.54) is 12.1 Å². The van der Waals surface area contributed by atoms with Gasteiger partial charge in [0.15, 0.2) is 0 Å². The zero-order valence-corrected chi connectivity index (χ0v) is 10.6. The molecule has 1 aliphatic rings. The summed E-state index contributed by atoms with van der Waals surface area (Å²) in [5.74, 6) is -1.91. The van der Waals surface area contributed by atoms with Crippen molar-refractivity contribution >= 4 is 5.97 Å². The Hall–Kier alpha value is -1.49. The van der Waals surface area contributed by atoms with Gasteiger partial charge in [-0.3, -0.25) is 4.79 Å².